The second kappa shape index (κ2) is 7.23. The molecule has 1 aliphatic carbocycles. The van der Waals surface area contributed by atoms with E-state index in [9.17, 15) is 9.90 Å². The van der Waals surface area contributed by atoms with Crippen LogP contribution in [0.15, 0.2) is 35.7 Å². The summed E-state index contributed by atoms with van der Waals surface area (Å²) in [6, 6.07) is 9.82. The molecule has 5 nitrogen and oxygen atoms in total. The lowest BCUT2D eigenvalue weighted by molar-refractivity contribution is 0.203. The van der Waals surface area contributed by atoms with E-state index in [1.54, 1.807) is 18.4 Å². The van der Waals surface area contributed by atoms with Crippen molar-refractivity contribution in [2.45, 2.75) is 19.4 Å². The van der Waals surface area contributed by atoms with Gasteiger partial charge in [0.2, 0.25) is 0 Å². The minimum Gasteiger partial charge on any atom is -0.497 e. The molecule has 0 radical (unpaired) electrons. The van der Waals surface area contributed by atoms with Gasteiger partial charge < -0.3 is 20.5 Å². The van der Waals surface area contributed by atoms with Crippen molar-refractivity contribution < 1.29 is 14.6 Å². The number of methoxy groups -OCH3 is 1. The van der Waals surface area contributed by atoms with Gasteiger partial charge in [-0.15, -0.1) is 11.3 Å². The Kier molecular flexibility index (Phi) is 5.06. The van der Waals surface area contributed by atoms with Crippen molar-refractivity contribution >= 4 is 17.4 Å². The van der Waals surface area contributed by atoms with E-state index in [-0.39, 0.29) is 18.1 Å². The molecule has 0 saturated heterocycles. The highest BCUT2D eigenvalue weighted by atomic mass is 32.1. The molecule has 1 saturated carbocycles. The number of amides is 2. The summed E-state index contributed by atoms with van der Waals surface area (Å²) in [7, 11) is 1.65. The Morgan fingerprint density at radius 1 is 1.25 bits per heavy atom. The van der Waals surface area contributed by atoms with Crippen LogP contribution in [-0.4, -0.2) is 31.4 Å². The predicted octanol–water partition coefficient (Wildman–Crippen LogP) is 3.00. The van der Waals surface area contributed by atoms with Crippen LogP contribution in [0, 0.1) is 5.41 Å². The molecule has 0 aliphatic heterocycles. The summed E-state index contributed by atoms with van der Waals surface area (Å²) < 4.78 is 5.17. The number of hydrogen-bond donors (Lipinski definition) is 3. The molecule has 1 aliphatic rings. The summed E-state index contributed by atoms with van der Waals surface area (Å²) in [5.41, 5.74) is 2.19. The van der Waals surface area contributed by atoms with E-state index in [1.807, 2.05) is 24.3 Å². The maximum Gasteiger partial charge on any atom is 0.315 e. The molecule has 1 heterocycles. The molecule has 1 aromatic carbocycles. The van der Waals surface area contributed by atoms with Gasteiger partial charge >= 0.3 is 6.03 Å². The average molecular weight is 346 g/mol. The van der Waals surface area contributed by atoms with Crippen LogP contribution in [0.2, 0.25) is 0 Å². The summed E-state index contributed by atoms with van der Waals surface area (Å²) >= 11 is 1.62. The quantitative estimate of drug-likeness (QED) is 0.722. The Balaban J connectivity index is 1.49. The van der Waals surface area contributed by atoms with Gasteiger partial charge in [-0.05, 0) is 47.5 Å². The lowest BCUT2D eigenvalue weighted by Gasteiger charge is -2.13. The van der Waals surface area contributed by atoms with Crippen molar-refractivity contribution in [3.8, 4) is 16.9 Å². The lowest BCUT2D eigenvalue weighted by atomic mass is 10.1. The number of thiophene rings is 1. The number of hydrogen-bond acceptors (Lipinski definition) is 4. The normalized spacial score (nSPS) is 14.9. The number of benzene rings is 1. The standard InChI is InChI=1S/C18H22N2O3S/c1-23-15-4-2-13(3-5-15)14-8-16(24-10-14)9-19-17(22)20-11-18(12-21)6-7-18/h2-5,8,10,21H,6-7,9,11-12H2,1H3,(H2,19,20,22). The molecule has 2 aromatic rings. The van der Waals surface area contributed by atoms with Gasteiger partial charge in [-0.25, -0.2) is 4.79 Å². The van der Waals surface area contributed by atoms with Crippen LogP contribution in [-0.2, 0) is 6.54 Å². The fourth-order valence-corrected chi connectivity index (χ4v) is 3.31. The van der Waals surface area contributed by atoms with Crippen LogP contribution >= 0.6 is 11.3 Å². The van der Waals surface area contributed by atoms with E-state index >= 15 is 0 Å². The first-order chi connectivity index (χ1) is 11.6. The highest BCUT2D eigenvalue weighted by Crippen LogP contribution is 2.44. The van der Waals surface area contributed by atoms with E-state index in [1.165, 1.54) is 0 Å². The van der Waals surface area contributed by atoms with Crippen molar-refractivity contribution in [2.75, 3.05) is 20.3 Å². The van der Waals surface area contributed by atoms with Gasteiger partial charge in [0.15, 0.2) is 0 Å². The molecule has 0 spiro atoms. The van der Waals surface area contributed by atoms with Crippen LogP contribution < -0.4 is 15.4 Å². The molecule has 3 rings (SSSR count). The lowest BCUT2D eigenvalue weighted by Crippen LogP contribution is -2.39. The molecule has 24 heavy (non-hydrogen) atoms. The van der Waals surface area contributed by atoms with E-state index in [2.05, 4.69) is 22.1 Å². The van der Waals surface area contributed by atoms with Gasteiger partial charge in [0.1, 0.15) is 5.75 Å². The minimum atomic E-state index is -0.186. The molecule has 128 valence electrons. The van der Waals surface area contributed by atoms with Gasteiger partial charge in [-0.1, -0.05) is 12.1 Å². The van der Waals surface area contributed by atoms with Crippen LogP contribution in [0.4, 0.5) is 4.79 Å². The van der Waals surface area contributed by atoms with Gasteiger partial charge in [0.05, 0.1) is 20.3 Å². The largest absolute Gasteiger partial charge is 0.497 e. The van der Waals surface area contributed by atoms with E-state index in [4.69, 9.17) is 4.74 Å². The molecular formula is C18H22N2O3S. The Labute approximate surface area is 145 Å². The highest BCUT2D eigenvalue weighted by molar-refractivity contribution is 7.10. The number of carbonyl (C=O) groups is 1. The summed E-state index contributed by atoms with van der Waals surface area (Å²) in [6.45, 7) is 1.18. The number of nitrogens with one attached hydrogen (secondary N) is 2. The molecule has 0 atom stereocenters. The zero-order chi connectivity index (χ0) is 17.0. The van der Waals surface area contributed by atoms with Crippen LogP contribution in [0.1, 0.15) is 17.7 Å². The molecule has 1 aromatic heterocycles. The third-order valence-corrected chi connectivity index (χ3v) is 5.35. The monoisotopic (exact) mass is 346 g/mol. The van der Waals surface area contributed by atoms with Crippen LogP contribution in [0.5, 0.6) is 5.75 Å². The van der Waals surface area contributed by atoms with E-state index in [0.717, 1.165) is 34.6 Å². The maximum absolute atomic E-state index is 11.8. The van der Waals surface area contributed by atoms with Gasteiger partial charge in [0.25, 0.3) is 0 Å². The third kappa shape index (κ3) is 4.07. The summed E-state index contributed by atoms with van der Waals surface area (Å²) in [4.78, 5) is 12.9. The van der Waals surface area contributed by atoms with E-state index < -0.39 is 0 Å². The number of rotatable bonds is 7. The van der Waals surface area contributed by atoms with Crippen molar-refractivity contribution in [3.05, 3.63) is 40.6 Å². The minimum absolute atomic E-state index is 0.0677. The maximum atomic E-state index is 11.8. The zero-order valence-electron chi connectivity index (χ0n) is 13.7. The molecule has 6 heteroatoms. The molecule has 2 amide bonds. The first-order valence-electron chi connectivity index (χ1n) is 7.98. The van der Waals surface area contributed by atoms with Crippen LogP contribution in [0.3, 0.4) is 0 Å². The first kappa shape index (κ1) is 16.8. The Morgan fingerprint density at radius 3 is 2.62 bits per heavy atom. The predicted molar refractivity (Wildman–Crippen MR) is 95.3 cm³/mol. The SMILES string of the molecule is COc1ccc(-c2csc(CNC(=O)NCC3(CO)CC3)c2)cc1. The van der Waals surface area contributed by atoms with Crippen molar-refractivity contribution in [1.82, 2.24) is 10.6 Å². The smallest absolute Gasteiger partial charge is 0.315 e. The number of aliphatic hydroxyl groups is 1. The summed E-state index contributed by atoms with van der Waals surface area (Å²) in [5.74, 6) is 0.837. The molecular weight excluding hydrogens is 324 g/mol. The topological polar surface area (TPSA) is 70.6 Å². The van der Waals surface area contributed by atoms with Crippen molar-refractivity contribution in [3.63, 3.8) is 0 Å². The molecule has 3 N–H and O–H groups in total. The fraction of sp³-hybridized carbons (Fsp3) is 0.389. The molecule has 0 bridgehead atoms. The van der Waals surface area contributed by atoms with Gasteiger partial charge in [-0.3, -0.25) is 0 Å². The number of urea groups is 1. The number of aliphatic hydroxyl groups excluding tert-OH is 1. The highest BCUT2D eigenvalue weighted by Gasteiger charge is 2.42. The van der Waals surface area contributed by atoms with E-state index in [0.29, 0.717) is 13.1 Å². The summed E-state index contributed by atoms with van der Waals surface area (Å²) in [5, 5.41) is 17.0. The Hall–Kier alpha value is -2.05. The van der Waals surface area contributed by atoms with Gasteiger partial charge in [-0.2, -0.15) is 0 Å². The number of carbonyl (C=O) groups excluding carboxylic acids is 1. The fourth-order valence-electron chi connectivity index (χ4n) is 2.47. The van der Waals surface area contributed by atoms with Crippen molar-refractivity contribution in [1.29, 1.82) is 0 Å². The second-order valence-corrected chi connectivity index (χ2v) is 7.22. The first-order valence-corrected chi connectivity index (χ1v) is 8.86. The van der Waals surface area contributed by atoms with Crippen LogP contribution in [0.25, 0.3) is 11.1 Å². The average Bonchev–Trinajstić information content (AvgIpc) is 3.26. The Bertz CT molecular complexity index is 693. The van der Waals surface area contributed by atoms with Crippen molar-refractivity contribution in [2.24, 2.45) is 5.41 Å². The summed E-state index contributed by atoms with van der Waals surface area (Å²) in [6.07, 6.45) is 1.97. The zero-order valence-corrected chi connectivity index (χ0v) is 14.5. The Morgan fingerprint density at radius 2 is 2.00 bits per heavy atom. The molecule has 0 unspecified atom stereocenters. The second-order valence-electron chi connectivity index (χ2n) is 6.22. The molecule has 1 fully saturated rings. The van der Waals surface area contributed by atoms with Gasteiger partial charge in [0, 0.05) is 16.8 Å². The number of ether oxygens (including phenoxy) is 1. The third-order valence-electron chi connectivity index (χ3n) is 4.42.